The summed E-state index contributed by atoms with van der Waals surface area (Å²) in [5.74, 6) is -0.907. The van der Waals surface area contributed by atoms with Gasteiger partial charge in [-0.1, -0.05) is 11.6 Å². The zero-order chi connectivity index (χ0) is 13.4. The fraction of sp³-hybridized carbons (Fsp3) is 0.455. The Morgan fingerprint density at radius 1 is 1.44 bits per heavy atom. The number of hydrogen-bond donors (Lipinski definition) is 2. The van der Waals surface area contributed by atoms with Gasteiger partial charge < -0.3 is 5.11 Å². The van der Waals surface area contributed by atoms with Crippen LogP contribution >= 0.6 is 11.6 Å². The van der Waals surface area contributed by atoms with Gasteiger partial charge in [-0.2, -0.15) is 0 Å². The SMILES string of the molecule is O=S(=O)(NCC1(O)CCC1)c1ccc(Cl)cc1F. The molecule has 0 atom stereocenters. The second-order valence-electron chi connectivity index (χ2n) is 4.48. The van der Waals surface area contributed by atoms with Gasteiger partial charge in [0.1, 0.15) is 10.7 Å². The van der Waals surface area contributed by atoms with Crippen molar-refractivity contribution in [3.05, 3.63) is 29.0 Å². The Morgan fingerprint density at radius 3 is 2.61 bits per heavy atom. The molecule has 0 bridgehead atoms. The van der Waals surface area contributed by atoms with Crippen molar-refractivity contribution in [3.8, 4) is 0 Å². The van der Waals surface area contributed by atoms with Crippen LogP contribution in [0.1, 0.15) is 19.3 Å². The van der Waals surface area contributed by atoms with Crippen LogP contribution in [0.3, 0.4) is 0 Å². The third-order valence-electron chi connectivity index (χ3n) is 3.06. The molecular weight excluding hydrogens is 281 g/mol. The fourth-order valence-corrected chi connectivity index (χ4v) is 3.10. The van der Waals surface area contributed by atoms with Crippen molar-refractivity contribution in [2.24, 2.45) is 0 Å². The number of nitrogens with one attached hydrogen (secondary N) is 1. The second-order valence-corrected chi connectivity index (χ2v) is 6.65. The molecule has 1 saturated carbocycles. The van der Waals surface area contributed by atoms with E-state index in [-0.39, 0.29) is 11.6 Å². The highest BCUT2D eigenvalue weighted by atomic mass is 35.5. The Balaban J connectivity index is 2.15. The lowest BCUT2D eigenvalue weighted by molar-refractivity contribution is -0.0271. The molecule has 1 aromatic carbocycles. The van der Waals surface area contributed by atoms with E-state index in [1.165, 1.54) is 6.07 Å². The number of hydrogen-bond acceptors (Lipinski definition) is 3. The average Bonchev–Trinajstić information content (AvgIpc) is 2.23. The molecule has 0 aromatic heterocycles. The Labute approximate surface area is 110 Å². The molecule has 0 amide bonds. The van der Waals surface area contributed by atoms with Crippen LogP contribution in [-0.4, -0.2) is 25.7 Å². The highest BCUT2D eigenvalue weighted by Gasteiger charge is 2.35. The summed E-state index contributed by atoms with van der Waals surface area (Å²) in [6.45, 7) is -0.0998. The Hall–Kier alpha value is -0.690. The lowest BCUT2D eigenvalue weighted by Gasteiger charge is -2.36. The minimum atomic E-state index is -3.96. The molecule has 100 valence electrons. The van der Waals surface area contributed by atoms with E-state index >= 15 is 0 Å². The molecule has 2 rings (SSSR count). The van der Waals surface area contributed by atoms with E-state index in [2.05, 4.69) is 4.72 Å². The normalized spacial score (nSPS) is 18.4. The summed E-state index contributed by atoms with van der Waals surface area (Å²) < 4.78 is 39.4. The van der Waals surface area contributed by atoms with Gasteiger partial charge in [0.25, 0.3) is 0 Å². The fourth-order valence-electron chi connectivity index (χ4n) is 1.76. The summed E-state index contributed by atoms with van der Waals surface area (Å²) in [6, 6.07) is 3.34. The molecule has 1 aromatic rings. The maximum Gasteiger partial charge on any atom is 0.243 e. The van der Waals surface area contributed by atoms with E-state index in [1.807, 2.05) is 0 Å². The topological polar surface area (TPSA) is 66.4 Å². The van der Waals surface area contributed by atoms with Crippen molar-refractivity contribution in [3.63, 3.8) is 0 Å². The lowest BCUT2D eigenvalue weighted by atomic mass is 9.81. The second kappa shape index (κ2) is 4.77. The first-order valence-electron chi connectivity index (χ1n) is 5.50. The Kier molecular flexibility index (Phi) is 3.64. The van der Waals surface area contributed by atoms with Gasteiger partial charge in [-0.25, -0.2) is 17.5 Å². The van der Waals surface area contributed by atoms with Gasteiger partial charge in [0.15, 0.2) is 0 Å². The zero-order valence-corrected chi connectivity index (χ0v) is 11.1. The first-order valence-corrected chi connectivity index (χ1v) is 7.36. The highest BCUT2D eigenvalue weighted by Crippen LogP contribution is 2.31. The number of halogens is 2. The number of sulfonamides is 1. The third-order valence-corrected chi connectivity index (χ3v) is 4.73. The van der Waals surface area contributed by atoms with Crippen molar-refractivity contribution in [2.45, 2.75) is 29.8 Å². The molecule has 1 fully saturated rings. The largest absolute Gasteiger partial charge is 0.389 e. The Morgan fingerprint density at radius 2 is 2.11 bits per heavy atom. The maximum atomic E-state index is 13.5. The summed E-state index contributed by atoms with van der Waals surface area (Å²) in [7, 11) is -3.96. The summed E-state index contributed by atoms with van der Waals surface area (Å²) in [4.78, 5) is -0.463. The van der Waals surface area contributed by atoms with Crippen LogP contribution in [0, 0.1) is 5.82 Å². The summed E-state index contributed by atoms with van der Waals surface area (Å²) in [5, 5.41) is 9.92. The van der Waals surface area contributed by atoms with Crippen LogP contribution in [0.4, 0.5) is 4.39 Å². The molecule has 0 heterocycles. The number of benzene rings is 1. The predicted molar refractivity (Wildman–Crippen MR) is 65.4 cm³/mol. The van der Waals surface area contributed by atoms with Crippen molar-refractivity contribution in [1.29, 1.82) is 0 Å². The molecule has 4 nitrogen and oxygen atoms in total. The molecule has 0 aliphatic heterocycles. The standard InChI is InChI=1S/C11H13ClFNO3S/c12-8-2-3-10(9(13)6-8)18(16,17)14-7-11(15)4-1-5-11/h2-3,6,14-15H,1,4-5,7H2. The smallest absolute Gasteiger partial charge is 0.243 e. The van der Waals surface area contributed by atoms with E-state index in [9.17, 15) is 17.9 Å². The van der Waals surface area contributed by atoms with Crippen molar-refractivity contribution in [1.82, 2.24) is 4.72 Å². The maximum absolute atomic E-state index is 13.5. The van der Waals surface area contributed by atoms with Crippen LogP contribution in [0.2, 0.25) is 5.02 Å². The molecule has 7 heteroatoms. The van der Waals surface area contributed by atoms with Crippen molar-refractivity contribution < 1.29 is 17.9 Å². The van der Waals surface area contributed by atoms with Gasteiger partial charge in [0.05, 0.1) is 5.60 Å². The molecule has 1 aliphatic carbocycles. The van der Waals surface area contributed by atoms with Gasteiger partial charge >= 0.3 is 0 Å². The lowest BCUT2D eigenvalue weighted by Crippen LogP contribution is -2.47. The van der Waals surface area contributed by atoms with Crippen LogP contribution in [0.25, 0.3) is 0 Å². The number of aliphatic hydroxyl groups is 1. The third kappa shape index (κ3) is 2.83. The molecule has 0 radical (unpaired) electrons. The van der Waals surface area contributed by atoms with Crippen LogP contribution < -0.4 is 4.72 Å². The van der Waals surface area contributed by atoms with Crippen LogP contribution in [0.15, 0.2) is 23.1 Å². The summed E-state index contributed by atoms with van der Waals surface area (Å²) in [5.41, 5.74) is -0.990. The van der Waals surface area contributed by atoms with Gasteiger partial charge in [-0.05, 0) is 37.5 Å². The average molecular weight is 294 g/mol. The molecule has 18 heavy (non-hydrogen) atoms. The van der Waals surface area contributed by atoms with Crippen molar-refractivity contribution >= 4 is 21.6 Å². The quantitative estimate of drug-likeness (QED) is 0.887. The molecular formula is C11H13ClFNO3S. The summed E-state index contributed by atoms with van der Waals surface area (Å²) >= 11 is 5.55. The van der Waals surface area contributed by atoms with Crippen LogP contribution in [0.5, 0.6) is 0 Å². The summed E-state index contributed by atoms with van der Waals surface area (Å²) in [6.07, 6.45) is 1.98. The molecule has 0 spiro atoms. The van der Waals surface area contributed by atoms with Gasteiger partial charge in [-0.3, -0.25) is 0 Å². The predicted octanol–water partition coefficient (Wildman–Crippen LogP) is 1.67. The zero-order valence-electron chi connectivity index (χ0n) is 9.49. The van der Waals surface area contributed by atoms with Gasteiger partial charge in [0.2, 0.25) is 10.0 Å². The van der Waals surface area contributed by atoms with Crippen LogP contribution in [-0.2, 0) is 10.0 Å². The van der Waals surface area contributed by atoms with E-state index in [1.54, 1.807) is 0 Å². The molecule has 0 unspecified atom stereocenters. The number of rotatable bonds is 4. The van der Waals surface area contributed by atoms with Gasteiger partial charge in [-0.15, -0.1) is 0 Å². The monoisotopic (exact) mass is 293 g/mol. The van der Waals surface area contributed by atoms with Crippen molar-refractivity contribution in [2.75, 3.05) is 6.54 Å². The van der Waals surface area contributed by atoms with Gasteiger partial charge in [0, 0.05) is 11.6 Å². The van der Waals surface area contributed by atoms with E-state index in [4.69, 9.17) is 11.6 Å². The first kappa shape index (κ1) is 13.7. The van der Waals surface area contributed by atoms with E-state index < -0.39 is 26.3 Å². The Bertz CT molecular complexity index is 557. The molecule has 1 aliphatic rings. The van der Waals surface area contributed by atoms with E-state index in [0.29, 0.717) is 12.8 Å². The molecule has 2 N–H and O–H groups in total. The minimum absolute atomic E-state index is 0.0998. The molecule has 0 saturated heterocycles. The first-order chi connectivity index (χ1) is 8.32. The minimum Gasteiger partial charge on any atom is -0.389 e. The highest BCUT2D eigenvalue weighted by molar-refractivity contribution is 7.89. The van der Waals surface area contributed by atoms with E-state index in [0.717, 1.165) is 18.6 Å².